The highest BCUT2D eigenvalue weighted by atomic mass is 16.5. The van der Waals surface area contributed by atoms with Gasteiger partial charge < -0.3 is 0 Å². The zero-order valence-corrected chi connectivity index (χ0v) is 15.4. The smallest absolute Gasteiger partial charge is 0.132 e. The summed E-state index contributed by atoms with van der Waals surface area (Å²) in [5.74, 6) is 1.27. The molecule has 0 aromatic carbocycles. The van der Waals surface area contributed by atoms with E-state index in [-0.39, 0.29) is 0 Å². The summed E-state index contributed by atoms with van der Waals surface area (Å²) in [5.41, 5.74) is 2.80. The number of carbonyl (C=O) groups is 1. The minimum atomic E-state index is 0.442. The second kappa shape index (κ2) is 16.0. The Hall–Kier alpha value is -0.870. The van der Waals surface area contributed by atoms with E-state index >= 15 is 0 Å². The fourth-order valence-electron chi connectivity index (χ4n) is 2.56. The molecule has 1 atom stereocenters. The lowest BCUT2D eigenvalue weighted by molar-refractivity contribution is -0.119. The molecule has 0 unspecified atom stereocenters. The van der Waals surface area contributed by atoms with E-state index in [0.717, 1.165) is 69.0 Å². The lowest BCUT2D eigenvalue weighted by Crippen LogP contribution is -2.30. The van der Waals surface area contributed by atoms with Crippen molar-refractivity contribution in [1.29, 1.82) is 0 Å². The first-order valence-electron chi connectivity index (χ1n) is 9.46. The average Bonchev–Trinajstić information content (AvgIpc) is 2.56. The standard InChI is InChI=1S/C19H38N2O2/c1-4-18(3)14-10-9-12-16-19(22)15-11-7-6-8-13-17-20-21(23)5-2/h5,18,20,23H,2,4,6-17H2,1,3H3/t18-/m0/s1. The largest absolute Gasteiger partial charge is 0.300 e. The van der Waals surface area contributed by atoms with Crippen LogP contribution in [0.15, 0.2) is 12.8 Å². The Bertz CT molecular complexity index is 295. The first-order valence-corrected chi connectivity index (χ1v) is 9.46. The third-order valence-electron chi connectivity index (χ3n) is 4.43. The van der Waals surface area contributed by atoms with Gasteiger partial charge in [0.2, 0.25) is 0 Å². The minimum absolute atomic E-state index is 0.442. The van der Waals surface area contributed by atoms with Gasteiger partial charge in [0.25, 0.3) is 0 Å². The van der Waals surface area contributed by atoms with Gasteiger partial charge in [0, 0.05) is 25.6 Å². The maximum absolute atomic E-state index is 11.8. The van der Waals surface area contributed by atoms with Crippen molar-refractivity contribution in [3.8, 4) is 0 Å². The van der Waals surface area contributed by atoms with Gasteiger partial charge in [-0.25, -0.2) is 5.43 Å². The number of carbonyl (C=O) groups excluding carboxylic acids is 1. The summed E-state index contributed by atoms with van der Waals surface area (Å²) < 4.78 is 0. The Morgan fingerprint density at radius 2 is 1.65 bits per heavy atom. The van der Waals surface area contributed by atoms with Crippen LogP contribution in [0.3, 0.4) is 0 Å². The molecule has 0 aromatic rings. The van der Waals surface area contributed by atoms with Crippen LogP contribution in [-0.2, 0) is 4.79 Å². The topological polar surface area (TPSA) is 52.6 Å². The minimum Gasteiger partial charge on any atom is -0.300 e. The fourth-order valence-corrected chi connectivity index (χ4v) is 2.56. The molecule has 0 aliphatic carbocycles. The molecule has 0 heterocycles. The van der Waals surface area contributed by atoms with Crippen molar-refractivity contribution in [3.63, 3.8) is 0 Å². The molecule has 0 saturated carbocycles. The summed E-state index contributed by atoms with van der Waals surface area (Å²) in [6, 6.07) is 0. The van der Waals surface area contributed by atoms with Crippen LogP contribution in [0.4, 0.5) is 0 Å². The number of rotatable bonds is 17. The molecule has 0 amide bonds. The number of hydrazine groups is 1. The molecule has 0 radical (unpaired) electrons. The van der Waals surface area contributed by atoms with Crippen LogP contribution in [0.5, 0.6) is 0 Å². The van der Waals surface area contributed by atoms with Crippen molar-refractivity contribution in [2.75, 3.05) is 6.54 Å². The van der Waals surface area contributed by atoms with Crippen LogP contribution in [0.2, 0.25) is 0 Å². The third kappa shape index (κ3) is 15.8. The second-order valence-corrected chi connectivity index (χ2v) is 6.60. The molecule has 0 bridgehead atoms. The number of Topliss-reactive ketones (excluding diaryl/α,β-unsaturated/α-hetero) is 1. The van der Waals surface area contributed by atoms with Crippen LogP contribution >= 0.6 is 0 Å². The van der Waals surface area contributed by atoms with Crippen LogP contribution in [0, 0.1) is 5.92 Å². The van der Waals surface area contributed by atoms with Gasteiger partial charge in [-0.05, 0) is 25.2 Å². The van der Waals surface area contributed by atoms with E-state index in [9.17, 15) is 4.79 Å². The number of unbranched alkanes of at least 4 members (excludes halogenated alkanes) is 6. The average molecular weight is 327 g/mol. The molecule has 0 fully saturated rings. The number of hydroxylamine groups is 1. The molecular weight excluding hydrogens is 288 g/mol. The predicted octanol–water partition coefficient (Wildman–Crippen LogP) is 5.23. The zero-order chi connectivity index (χ0) is 17.3. The summed E-state index contributed by atoms with van der Waals surface area (Å²) in [5, 5.41) is 9.96. The van der Waals surface area contributed by atoms with Gasteiger partial charge in [-0.15, -0.1) is 0 Å². The van der Waals surface area contributed by atoms with E-state index in [2.05, 4.69) is 25.9 Å². The van der Waals surface area contributed by atoms with Crippen LogP contribution in [0.1, 0.15) is 90.9 Å². The van der Waals surface area contributed by atoms with E-state index < -0.39 is 0 Å². The number of nitrogens with one attached hydrogen (secondary N) is 1. The zero-order valence-electron chi connectivity index (χ0n) is 15.4. The maximum atomic E-state index is 11.8. The van der Waals surface area contributed by atoms with Gasteiger partial charge in [0.1, 0.15) is 5.78 Å². The van der Waals surface area contributed by atoms with Gasteiger partial charge in [-0.3, -0.25) is 10.0 Å². The molecule has 0 aliphatic heterocycles. The Morgan fingerprint density at radius 1 is 1.09 bits per heavy atom. The highest BCUT2D eigenvalue weighted by Gasteiger charge is 2.03. The number of nitrogens with zero attached hydrogens (tertiary/aromatic N) is 1. The monoisotopic (exact) mass is 326 g/mol. The number of hydrogen-bond donors (Lipinski definition) is 2. The maximum Gasteiger partial charge on any atom is 0.132 e. The summed E-state index contributed by atoms with van der Waals surface area (Å²) in [4.78, 5) is 11.8. The molecule has 2 N–H and O–H groups in total. The molecule has 0 aliphatic rings. The van der Waals surface area contributed by atoms with Gasteiger partial charge in [0.05, 0.1) is 0 Å². The van der Waals surface area contributed by atoms with E-state index in [1.54, 1.807) is 0 Å². The van der Waals surface area contributed by atoms with Crippen molar-refractivity contribution < 1.29 is 10.0 Å². The quantitative estimate of drug-likeness (QED) is 0.284. The molecule has 0 spiro atoms. The number of hydrogen-bond acceptors (Lipinski definition) is 4. The van der Waals surface area contributed by atoms with Crippen molar-refractivity contribution in [2.45, 2.75) is 90.9 Å². The highest BCUT2D eigenvalue weighted by Crippen LogP contribution is 2.14. The molecule has 23 heavy (non-hydrogen) atoms. The molecule has 0 saturated heterocycles. The van der Waals surface area contributed by atoms with Gasteiger partial charge in [-0.2, -0.15) is 5.17 Å². The number of ketones is 1. The van der Waals surface area contributed by atoms with Crippen molar-refractivity contribution in [1.82, 2.24) is 10.6 Å². The van der Waals surface area contributed by atoms with E-state index in [0.29, 0.717) is 5.78 Å². The summed E-state index contributed by atoms with van der Waals surface area (Å²) in [7, 11) is 0. The lowest BCUT2D eigenvalue weighted by atomic mass is 9.99. The van der Waals surface area contributed by atoms with Crippen LogP contribution in [-0.4, -0.2) is 22.7 Å². The Morgan fingerprint density at radius 3 is 2.26 bits per heavy atom. The molecule has 4 nitrogen and oxygen atoms in total. The summed E-state index contributed by atoms with van der Waals surface area (Å²) in [6.45, 7) is 8.74. The molecule has 4 heteroatoms. The Labute approximate surface area is 143 Å². The lowest BCUT2D eigenvalue weighted by Gasteiger charge is -2.11. The third-order valence-corrected chi connectivity index (χ3v) is 4.43. The Kier molecular flexibility index (Phi) is 15.4. The molecule has 0 rings (SSSR count). The normalized spacial score (nSPS) is 12.1. The highest BCUT2D eigenvalue weighted by molar-refractivity contribution is 5.78. The fraction of sp³-hybridized carbons (Fsp3) is 0.842. The van der Waals surface area contributed by atoms with Gasteiger partial charge in [-0.1, -0.05) is 65.4 Å². The van der Waals surface area contributed by atoms with Crippen LogP contribution in [0.25, 0.3) is 0 Å². The first kappa shape index (κ1) is 22.1. The van der Waals surface area contributed by atoms with Crippen molar-refractivity contribution >= 4 is 5.78 Å². The van der Waals surface area contributed by atoms with Crippen molar-refractivity contribution in [2.24, 2.45) is 5.92 Å². The predicted molar refractivity (Wildman–Crippen MR) is 97.1 cm³/mol. The summed E-state index contributed by atoms with van der Waals surface area (Å²) in [6.07, 6.45) is 14.4. The molecular formula is C19H38N2O2. The first-order chi connectivity index (χ1) is 11.1. The van der Waals surface area contributed by atoms with Gasteiger partial charge >= 0.3 is 0 Å². The van der Waals surface area contributed by atoms with Crippen molar-refractivity contribution in [3.05, 3.63) is 12.8 Å². The Balaban J connectivity index is 3.26. The second-order valence-electron chi connectivity index (χ2n) is 6.60. The van der Waals surface area contributed by atoms with Crippen LogP contribution < -0.4 is 5.43 Å². The van der Waals surface area contributed by atoms with E-state index in [1.807, 2.05) is 0 Å². The molecule has 136 valence electrons. The van der Waals surface area contributed by atoms with Gasteiger partial charge in [0.15, 0.2) is 0 Å². The molecule has 0 aromatic heterocycles. The van der Waals surface area contributed by atoms with E-state index in [4.69, 9.17) is 5.21 Å². The SMILES string of the molecule is C=CN(O)NCCCCCCCC(=O)CCCCC[C@@H](C)CC. The van der Waals surface area contributed by atoms with E-state index in [1.165, 1.54) is 31.9 Å². The summed E-state index contributed by atoms with van der Waals surface area (Å²) >= 11 is 0.